The van der Waals surface area contributed by atoms with Gasteiger partial charge in [-0.05, 0) is 69.4 Å². The van der Waals surface area contributed by atoms with Gasteiger partial charge in [-0.2, -0.15) is 0 Å². The smallest absolute Gasteiger partial charge is 0.132 e. The van der Waals surface area contributed by atoms with Gasteiger partial charge in [0.25, 0.3) is 0 Å². The molecule has 0 saturated heterocycles. The summed E-state index contributed by atoms with van der Waals surface area (Å²) in [4.78, 5) is 0. The highest BCUT2D eigenvalue weighted by Crippen LogP contribution is 2.44. The molecule has 1 aliphatic heterocycles. The molecule has 2 unspecified atom stereocenters. The first-order valence-corrected chi connectivity index (χ1v) is 13.4. The summed E-state index contributed by atoms with van der Waals surface area (Å²) in [5, 5.41) is 3.61. The SMILES string of the molecule is C/C=C/COC1C(OCCC2CCCCC2)c2cc(NCc3ccccc3C)ccc2OC1(C)C. The van der Waals surface area contributed by atoms with Crippen LogP contribution in [0.3, 0.4) is 0 Å². The van der Waals surface area contributed by atoms with Crippen molar-refractivity contribution < 1.29 is 14.2 Å². The van der Waals surface area contributed by atoms with Gasteiger partial charge < -0.3 is 19.5 Å². The van der Waals surface area contributed by atoms with Crippen molar-refractivity contribution in [2.45, 2.75) is 90.6 Å². The fourth-order valence-electron chi connectivity index (χ4n) is 5.41. The van der Waals surface area contributed by atoms with E-state index in [0.29, 0.717) is 6.61 Å². The Hall–Kier alpha value is -2.30. The van der Waals surface area contributed by atoms with Crippen molar-refractivity contribution in [1.82, 2.24) is 0 Å². The summed E-state index contributed by atoms with van der Waals surface area (Å²) in [5.74, 6) is 1.69. The number of hydrogen-bond acceptors (Lipinski definition) is 4. The lowest BCUT2D eigenvalue weighted by molar-refractivity contribution is -0.158. The Bertz CT molecular complexity index is 977. The molecular formula is C31H43NO3. The van der Waals surface area contributed by atoms with Gasteiger partial charge in [-0.3, -0.25) is 0 Å². The van der Waals surface area contributed by atoms with Gasteiger partial charge in [0.15, 0.2) is 0 Å². The van der Waals surface area contributed by atoms with Crippen LogP contribution in [-0.4, -0.2) is 24.9 Å². The van der Waals surface area contributed by atoms with Gasteiger partial charge >= 0.3 is 0 Å². The zero-order valence-electron chi connectivity index (χ0n) is 22.0. The molecule has 0 amide bonds. The molecule has 1 fully saturated rings. The third kappa shape index (κ3) is 6.68. The molecular weight excluding hydrogens is 434 g/mol. The highest BCUT2D eigenvalue weighted by Gasteiger charge is 2.45. The van der Waals surface area contributed by atoms with Gasteiger partial charge in [0, 0.05) is 24.4 Å². The molecule has 4 rings (SSSR count). The van der Waals surface area contributed by atoms with Crippen LogP contribution in [0.2, 0.25) is 0 Å². The Balaban J connectivity index is 1.53. The van der Waals surface area contributed by atoms with Crippen LogP contribution in [0.25, 0.3) is 0 Å². The van der Waals surface area contributed by atoms with Crippen molar-refractivity contribution >= 4 is 5.69 Å². The molecule has 0 aromatic heterocycles. The number of anilines is 1. The first-order valence-electron chi connectivity index (χ1n) is 13.4. The van der Waals surface area contributed by atoms with E-state index in [1.54, 1.807) is 0 Å². The summed E-state index contributed by atoms with van der Waals surface area (Å²) < 4.78 is 19.5. The third-order valence-electron chi connectivity index (χ3n) is 7.55. The lowest BCUT2D eigenvalue weighted by atomic mass is 9.86. The van der Waals surface area contributed by atoms with Crippen molar-refractivity contribution in [1.29, 1.82) is 0 Å². The fraction of sp³-hybridized carbons (Fsp3) is 0.548. The molecule has 35 heavy (non-hydrogen) atoms. The van der Waals surface area contributed by atoms with Gasteiger partial charge in [-0.15, -0.1) is 0 Å². The second-order valence-corrected chi connectivity index (χ2v) is 10.6. The first kappa shape index (κ1) is 25.8. The minimum absolute atomic E-state index is 0.164. The van der Waals surface area contributed by atoms with E-state index in [1.165, 1.54) is 43.2 Å². The minimum atomic E-state index is -0.486. The predicted octanol–water partition coefficient (Wildman–Crippen LogP) is 7.77. The number of rotatable bonds is 10. The molecule has 0 bridgehead atoms. The van der Waals surface area contributed by atoms with E-state index >= 15 is 0 Å². The summed E-state index contributed by atoms with van der Waals surface area (Å²) in [6, 6.07) is 14.9. The van der Waals surface area contributed by atoms with Crippen LogP contribution in [-0.2, 0) is 16.0 Å². The average Bonchev–Trinajstić information content (AvgIpc) is 2.85. The number of benzene rings is 2. The quantitative estimate of drug-likeness (QED) is 0.355. The Morgan fingerprint density at radius 2 is 1.86 bits per heavy atom. The van der Waals surface area contributed by atoms with Gasteiger partial charge in [0.2, 0.25) is 0 Å². The van der Waals surface area contributed by atoms with E-state index in [0.717, 1.165) is 42.5 Å². The summed E-state index contributed by atoms with van der Waals surface area (Å²) in [5.41, 5.74) is 4.26. The molecule has 4 nitrogen and oxygen atoms in total. The maximum Gasteiger partial charge on any atom is 0.132 e. The number of aryl methyl sites for hydroxylation is 1. The summed E-state index contributed by atoms with van der Waals surface area (Å²) in [6.45, 7) is 10.5. The van der Waals surface area contributed by atoms with Crippen molar-refractivity contribution in [3.63, 3.8) is 0 Å². The van der Waals surface area contributed by atoms with Crippen LogP contribution < -0.4 is 10.1 Å². The molecule has 1 saturated carbocycles. The van der Waals surface area contributed by atoms with E-state index in [2.05, 4.69) is 68.6 Å². The molecule has 2 atom stereocenters. The average molecular weight is 478 g/mol. The molecule has 2 aliphatic rings. The normalized spacial score (nSPS) is 22.1. The van der Waals surface area contributed by atoms with Gasteiger partial charge in [0.05, 0.1) is 6.61 Å². The van der Waals surface area contributed by atoms with E-state index in [9.17, 15) is 0 Å². The third-order valence-corrected chi connectivity index (χ3v) is 7.55. The zero-order valence-corrected chi connectivity index (χ0v) is 22.0. The summed E-state index contributed by atoms with van der Waals surface area (Å²) in [6.07, 6.45) is 11.6. The monoisotopic (exact) mass is 477 g/mol. The van der Waals surface area contributed by atoms with Crippen molar-refractivity contribution in [2.75, 3.05) is 18.5 Å². The van der Waals surface area contributed by atoms with E-state index < -0.39 is 5.60 Å². The minimum Gasteiger partial charge on any atom is -0.485 e. The Kier molecular flexibility index (Phi) is 8.91. The molecule has 1 N–H and O–H groups in total. The standard InChI is InChI=1S/C31H43NO3/c1-5-6-19-34-30-29(33-20-18-24-13-8-7-9-14-24)27-21-26(16-17-28(27)35-31(30,3)4)32-22-25-15-11-10-12-23(25)2/h5-6,10-12,15-17,21,24,29-30,32H,7-9,13-14,18-20,22H2,1-4H3/b6-5+. The van der Waals surface area contributed by atoms with Crippen LogP contribution in [0.4, 0.5) is 5.69 Å². The van der Waals surface area contributed by atoms with E-state index in [-0.39, 0.29) is 12.2 Å². The number of ether oxygens (including phenoxy) is 3. The predicted molar refractivity (Wildman–Crippen MR) is 144 cm³/mol. The van der Waals surface area contributed by atoms with Crippen molar-refractivity contribution in [3.8, 4) is 5.75 Å². The second-order valence-electron chi connectivity index (χ2n) is 10.6. The maximum atomic E-state index is 6.67. The number of fused-ring (bicyclic) bond motifs is 1. The Labute approximate surface area is 212 Å². The van der Waals surface area contributed by atoms with Crippen LogP contribution in [0.1, 0.15) is 82.1 Å². The fourth-order valence-corrected chi connectivity index (χ4v) is 5.41. The van der Waals surface area contributed by atoms with Gasteiger partial charge in [-0.25, -0.2) is 0 Å². The molecule has 190 valence electrons. The molecule has 1 aliphatic carbocycles. The van der Waals surface area contributed by atoms with Crippen LogP contribution >= 0.6 is 0 Å². The van der Waals surface area contributed by atoms with Crippen LogP contribution in [0.15, 0.2) is 54.6 Å². The van der Waals surface area contributed by atoms with Crippen LogP contribution in [0.5, 0.6) is 5.75 Å². The van der Waals surface area contributed by atoms with E-state index in [4.69, 9.17) is 14.2 Å². The maximum absolute atomic E-state index is 6.67. The number of hydrogen-bond donors (Lipinski definition) is 1. The van der Waals surface area contributed by atoms with Gasteiger partial charge in [-0.1, -0.05) is 68.5 Å². The van der Waals surface area contributed by atoms with Crippen molar-refractivity contribution in [2.24, 2.45) is 5.92 Å². The highest BCUT2D eigenvalue weighted by molar-refractivity contribution is 5.54. The Morgan fingerprint density at radius 3 is 2.63 bits per heavy atom. The summed E-state index contributed by atoms with van der Waals surface area (Å²) in [7, 11) is 0. The largest absolute Gasteiger partial charge is 0.485 e. The topological polar surface area (TPSA) is 39.7 Å². The lowest BCUT2D eigenvalue weighted by Gasteiger charge is -2.44. The lowest BCUT2D eigenvalue weighted by Crippen LogP contribution is -2.51. The number of nitrogens with one attached hydrogen (secondary N) is 1. The van der Waals surface area contributed by atoms with Crippen LogP contribution in [0, 0.1) is 12.8 Å². The molecule has 0 radical (unpaired) electrons. The van der Waals surface area contributed by atoms with E-state index in [1.807, 2.05) is 19.1 Å². The molecule has 2 aromatic rings. The Morgan fingerprint density at radius 1 is 1.06 bits per heavy atom. The highest BCUT2D eigenvalue weighted by atomic mass is 16.6. The van der Waals surface area contributed by atoms with Crippen molar-refractivity contribution in [3.05, 3.63) is 71.3 Å². The molecule has 4 heteroatoms. The zero-order chi connectivity index (χ0) is 24.7. The van der Waals surface area contributed by atoms with Gasteiger partial charge in [0.1, 0.15) is 23.6 Å². The summed E-state index contributed by atoms with van der Waals surface area (Å²) >= 11 is 0. The molecule has 1 heterocycles. The first-order chi connectivity index (χ1) is 17.0. The second kappa shape index (κ2) is 12.1. The molecule has 0 spiro atoms. The molecule has 2 aromatic carbocycles. The number of allylic oxidation sites excluding steroid dienone is 1.